The second kappa shape index (κ2) is 6.55. The van der Waals surface area contributed by atoms with Gasteiger partial charge in [0.1, 0.15) is 17.3 Å². The molecule has 0 bridgehead atoms. The first-order chi connectivity index (χ1) is 12.5. The smallest absolute Gasteiger partial charge is 0.136 e. The number of nitrogens with two attached hydrogens (primary N) is 1. The predicted molar refractivity (Wildman–Crippen MR) is 101 cm³/mol. The van der Waals surface area contributed by atoms with Crippen molar-refractivity contribution in [2.75, 3.05) is 5.73 Å². The van der Waals surface area contributed by atoms with Crippen LogP contribution in [0.1, 0.15) is 34.0 Å². The third-order valence-corrected chi connectivity index (χ3v) is 4.18. The van der Waals surface area contributed by atoms with Crippen molar-refractivity contribution in [3.05, 3.63) is 83.0 Å². The molecule has 0 aliphatic heterocycles. The van der Waals surface area contributed by atoms with Crippen LogP contribution in [0.4, 0.5) is 5.82 Å². The van der Waals surface area contributed by atoms with Crippen molar-refractivity contribution < 1.29 is 0 Å². The summed E-state index contributed by atoms with van der Waals surface area (Å²) in [7, 11) is 0. The van der Waals surface area contributed by atoms with E-state index in [1.807, 2.05) is 29.8 Å². The third kappa shape index (κ3) is 3.54. The van der Waals surface area contributed by atoms with E-state index >= 15 is 0 Å². The molecule has 0 unspecified atom stereocenters. The first-order valence-corrected chi connectivity index (χ1v) is 8.53. The second-order valence-electron chi connectivity index (χ2n) is 6.56. The molecule has 0 aliphatic rings. The first kappa shape index (κ1) is 16.2. The molecule has 2 N–H and O–H groups in total. The molecule has 0 spiro atoms. The van der Waals surface area contributed by atoms with E-state index in [1.54, 1.807) is 6.20 Å². The number of imidazole rings is 1. The Labute approximate surface area is 151 Å². The third-order valence-electron chi connectivity index (χ3n) is 4.18. The van der Waals surface area contributed by atoms with Crippen LogP contribution in [0, 0.1) is 13.8 Å². The number of fused-ring (bicyclic) bond motifs is 1. The highest BCUT2D eigenvalue weighted by molar-refractivity contribution is 5.43. The van der Waals surface area contributed by atoms with Gasteiger partial charge in [-0.15, -0.1) is 0 Å². The second-order valence-corrected chi connectivity index (χ2v) is 6.56. The molecule has 26 heavy (non-hydrogen) atoms. The minimum atomic E-state index is 0.483. The summed E-state index contributed by atoms with van der Waals surface area (Å²) < 4.78 is 1.98. The maximum absolute atomic E-state index is 6.01. The van der Waals surface area contributed by atoms with Gasteiger partial charge in [0.2, 0.25) is 0 Å². The van der Waals surface area contributed by atoms with Crippen molar-refractivity contribution in [2.45, 2.75) is 26.7 Å². The zero-order chi connectivity index (χ0) is 18.1. The Kier molecular flexibility index (Phi) is 4.08. The molecule has 4 aromatic heterocycles. The van der Waals surface area contributed by atoms with Gasteiger partial charge in [0.05, 0.1) is 12.1 Å². The van der Waals surface area contributed by atoms with Crippen molar-refractivity contribution in [2.24, 2.45) is 0 Å². The summed E-state index contributed by atoms with van der Waals surface area (Å²) in [6.07, 6.45) is 6.97. The van der Waals surface area contributed by atoms with Crippen LogP contribution in [0.5, 0.6) is 0 Å². The number of nitrogens with zero attached hydrogens (tertiary/aromatic N) is 5. The van der Waals surface area contributed by atoms with Crippen molar-refractivity contribution >= 4 is 11.5 Å². The van der Waals surface area contributed by atoms with E-state index in [1.165, 1.54) is 5.56 Å². The fourth-order valence-corrected chi connectivity index (χ4v) is 3.19. The number of aryl methyl sites for hydroxylation is 2. The number of hydrogen-bond acceptors (Lipinski definition) is 5. The molecule has 0 saturated carbocycles. The molecule has 4 rings (SSSR count). The Morgan fingerprint density at radius 2 is 1.77 bits per heavy atom. The molecule has 4 heterocycles. The molecule has 0 radical (unpaired) electrons. The van der Waals surface area contributed by atoms with Gasteiger partial charge in [0.25, 0.3) is 0 Å². The van der Waals surface area contributed by atoms with E-state index in [-0.39, 0.29) is 0 Å². The normalized spacial score (nSPS) is 11.2. The van der Waals surface area contributed by atoms with Crippen LogP contribution >= 0.6 is 0 Å². The summed E-state index contributed by atoms with van der Waals surface area (Å²) in [4.78, 5) is 18.0. The van der Waals surface area contributed by atoms with Crippen LogP contribution in [-0.2, 0) is 12.8 Å². The lowest BCUT2D eigenvalue weighted by Crippen LogP contribution is -2.06. The zero-order valence-electron chi connectivity index (χ0n) is 14.8. The van der Waals surface area contributed by atoms with E-state index < -0.39 is 0 Å². The van der Waals surface area contributed by atoms with E-state index in [2.05, 4.69) is 46.1 Å². The van der Waals surface area contributed by atoms with E-state index in [0.29, 0.717) is 24.5 Å². The lowest BCUT2D eigenvalue weighted by Gasteiger charge is -2.08. The lowest BCUT2D eigenvalue weighted by atomic mass is 10.1. The van der Waals surface area contributed by atoms with Crippen LogP contribution in [0.15, 0.2) is 48.9 Å². The number of aromatic nitrogens is 5. The lowest BCUT2D eigenvalue weighted by molar-refractivity contribution is 0.894. The van der Waals surface area contributed by atoms with Crippen molar-refractivity contribution in [1.29, 1.82) is 0 Å². The molecule has 4 aromatic rings. The van der Waals surface area contributed by atoms with Crippen LogP contribution in [0.25, 0.3) is 5.65 Å². The highest BCUT2D eigenvalue weighted by atomic mass is 15.0. The topological polar surface area (TPSA) is 82.0 Å². The maximum Gasteiger partial charge on any atom is 0.136 e. The van der Waals surface area contributed by atoms with E-state index in [0.717, 1.165) is 28.3 Å². The number of anilines is 1. The van der Waals surface area contributed by atoms with Crippen LogP contribution in [-0.4, -0.2) is 24.3 Å². The fourth-order valence-electron chi connectivity index (χ4n) is 3.19. The molecule has 0 aliphatic carbocycles. The van der Waals surface area contributed by atoms with Crippen molar-refractivity contribution in [3.8, 4) is 0 Å². The summed E-state index contributed by atoms with van der Waals surface area (Å²) in [5.74, 6) is 1.18. The minimum absolute atomic E-state index is 0.483. The summed E-state index contributed by atoms with van der Waals surface area (Å²) in [6, 6.07) is 10.1. The molecule has 130 valence electrons. The number of nitrogen functional groups attached to an aromatic ring is 1. The minimum Gasteiger partial charge on any atom is -0.384 e. The summed E-state index contributed by atoms with van der Waals surface area (Å²) >= 11 is 0. The van der Waals surface area contributed by atoms with Gasteiger partial charge in [0.15, 0.2) is 0 Å². The highest BCUT2D eigenvalue weighted by Crippen LogP contribution is 2.14. The van der Waals surface area contributed by atoms with Gasteiger partial charge < -0.3 is 10.1 Å². The van der Waals surface area contributed by atoms with Gasteiger partial charge in [-0.3, -0.25) is 4.98 Å². The number of hydrogen-bond donors (Lipinski definition) is 1. The Morgan fingerprint density at radius 3 is 2.62 bits per heavy atom. The van der Waals surface area contributed by atoms with Crippen LogP contribution in [0.3, 0.4) is 0 Å². The molecule has 0 atom stereocenters. The number of rotatable bonds is 4. The van der Waals surface area contributed by atoms with Crippen LogP contribution < -0.4 is 5.73 Å². The van der Waals surface area contributed by atoms with Crippen molar-refractivity contribution in [3.63, 3.8) is 0 Å². The monoisotopic (exact) mass is 344 g/mol. The largest absolute Gasteiger partial charge is 0.384 e. The molecule has 0 saturated heterocycles. The summed E-state index contributed by atoms with van der Waals surface area (Å²) in [6.45, 7) is 4.06. The quantitative estimate of drug-likeness (QED) is 0.615. The highest BCUT2D eigenvalue weighted by Gasteiger charge is 2.08. The predicted octanol–water partition coefficient (Wildman–Crippen LogP) is 2.90. The Bertz CT molecular complexity index is 1060. The summed E-state index contributed by atoms with van der Waals surface area (Å²) in [5.41, 5.74) is 12.1. The van der Waals surface area contributed by atoms with E-state index in [4.69, 9.17) is 10.7 Å². The SMILES string of the molecule is Cc1cc(C)nc(Cc2nc(N)cc(Cc3ccn4ccnc4c3)n2)c1. The first-order valence-electron chi connectivity index (χ1n) is 8.53. The van der Waals surface area contributed by atoms with Crippen molar-refractivity contribution in [1.82, 2.24) is 24.3 Å². The Morgan fingerprint density at radius 1 is 0.923 bits per heavy atom. The Hall–Kier alpha value is -3.28. The molecule has 0 aromatic carbocycles. The van der Waals surface area contributed by atoms with Gasteiger partial charge in [0, 0.05) is 42.5 Å². The maximum atomic E-state index is 6.01. The molecule has 6 nitrogen and oxygen atoms in total. The molecule has 6 heteroatoms. The summed E-state index contributed by atoms with van der Waals surface area (Å²) in [5, 5.41) is 0. The zero-order valence-corrected chi connectivity index (χ0v) is 14.8. The average molecular weight is 344 g/mol. The van der Waals surface area contributed by atoms with Gasteiger partial charge in [-0.2, -0.15) is 0 Å². The molecular formula is C20H20N6. The van der Waals surface area contributed by atoms with Gasteiger partial charge in [-0.1, -0.05) is 0 Å². The van der Waals surface area contributed by atoms with Gasteiger partial charge >= 0.3 is 0 Å². The Balaban J connectivity index is 1.61. The molecule has 0 fully saturated rings. The fraction of sp³-hybridized carbons (Fsp3) is 0.200. The molecule has 0 amide bonds. The average Bonchev–Trinajstić information content (AvgIpc) is 3.01. The van der Waals surface area contributed by atoms with Crippen LogP contribution in [0.2, 0.25) is 0 Å². The van der Waals surface area contributed by atoms with Gasteiger partial charge in [-0.05, 0) is 49.2 Å². The number of pyridine rings is 2. The van der Waals surface area contributed by atoms with E-state index in [9.17, 15) is 0 Å². The van der Waals surface area contributed by atoms with Gasteiger partial charge in [-0.25, -0.2) is 15.0 Å². The standard InChI is InChI=1S/C20H20N6/c1-13-7-14(2)23-16(8-13)12-19-24-17(11-18(21)25-19)9-15-3-5-26-6-4-22-20(26)10-15/h3-8,10-11H,9,12H2,1-2H3,(H2,21,24,25). The molecular weight excluding hydrogens is 324 g/mol.